The highest BCUT2D eigenvalue weighted by atomic mass is 79.9. The van der Waals surface area contributed by atoms with Gasteiger partial charge in [0.05, 0.1) is 6.10 Å². The minimum Gasteiger partial charge on any atom is -0.388 e. The maximum absolute atomic E-state index is 10.3. The minimum atomic E-state index is -0.375. The van der Waals surface area contributed by atoms with Gasteiger partial charge >= 0.3 is 0 Å². The van der Waals surface area contributed by atoms with E-state index in [4.69, 9.17) is 0 Å². The molecule has 20 heavy (non-hydrogen) atoms. The van der Waals surface area contributed by atoms with Crippen molar-refractivity contribution in [3.63, 3.8) is 0 Å². The van der Waals surface area contributed by atoms with Crippen LogP contribution in [0.4, 0.5) is 0 Å². The summed E-state index contributed by atoms with van der Waals surface area (Å²) < 4.78 is 1.03. The number of rotatable bonds is 9. The van der Waals surface area contributed by atoms with Crippen LogP contribution in [0, 0.1) is 0 Å². The Morgan fingerprint density at radius 3 is 2.55 bits per heavy atom. The first-order chi connectivity index (χ1) is 9.54. The van der Waals surface area contributed by atoms with Crippen molar-refractivity contribution in [2.75, 3.05) is 13.1 Å². The van der Waals surface area contributed by atoms with Gasteiger partial charge in [-0.3, -0.25) is 0 Å². The summed E-state index contributed by atoms with van der Waals surface area (Å²) >= 11 is 3.45. The Morgan fingerprint density at radius 2 is 1.95 bits per heavy atom. The van der Waals surface area contributed by atoms with Gasteiger partial charge < -0.3 is 10.0 Å². The van der Waals surface area contributed by atoms with Crippen LogP contribution in [0.25, 0.3) is 0 Å². The van der Waals surface area contributed by atoms with E-state index in [9.17, 15) is 5.11 Å². The van der Waals surface area contributed by atoms with Crippen molar-refractivity contribution in [2.24, 2.45) is 0 Å². The Labute approximate surface area is 132 Å². The summed E-state index contributed by atoms with van der Waals surface area (Å²) in [4.78, 5) is 2.47. The summed E-state index contributed by atoms with van der Waals surface area (Å²) in [5, 5.41) is 10.3. The Kier molecular flexibility index (Phi) is 8.43. The molecule has 1 aromatic carbocycles. The lowest BCUT2D eigenvalue weighted by atomic mass is 10.1. The van der Waals surface area contributed by atoms with Crippen LogP contribution in [0.5, 0.6) is 0 Å². The summed E-state index contributed by atoms with van der Waals surface area (Å²) in [6, 6.07) is 8.50. The second kappa shape index (κ2) is 9.54. The summed E-state index contributed by atoms with van der Waals surface area (Å²) in [6.45, 7) is 8.79. The van der Waals surface area contributed by atoms with Gasteiger partial charge in [-0.2, -0.15) is 0 Å². The van der Waals surface area contributed by atoms with E-state index in [-0.39, 0.29) is 6.10 Å². The second-order valence-electron chi connectivity index (χ2n) is 5.70. The van der Waals surface area contributed by atoms with Crippen LogP contribution in [0.15, 0.2) is 28.7 Å². The zero-order valence-corrected chi connectivity index (χ0v) is 14.6. The quantitative estimate of drug-likeness (QED) is 0.653. The Hall–Kier alpha value is -0.380. The summed E-state index contributed by atoms with van der Waals surface area (Å²) in [6.07, 6.45) is 4.21. The predicted octanol–water partition coefficient (Wildman–Crippen LogP) is 4.77. The van der Waals surface area contributed by atoms with E-state index in [1.54, 1.807) is 0 Å². The van der Waals surface area contributed by atoms with Crippen molar-refractivity contribution in [3.05, 3.63) is 34.3 Å². The molecule has 0 radical (unpaired) electrons. The summed E-state index contributed by atoms with van der Waals surface area (Å²) in [7, 11) is 0. The Bertz CT molecular complexity index is 381. The molecule has 1 atom stereocenters. The van der Waals surface area contributed by atoms with Gasteiger partial charge in [0.1, 0.15) is 0 Å². The molecule has 0 aliphatic rings. The molecule has 0 bridgehead atoms. The SMILES string of the molecule is CCCCCN(CCC(O)c1cccc(Br)c1)C(C)C. The fourth-order valence-corrected chi connectivity index (χ4v) is 2.78. The molecule has 0 heterocycles. The van der Waals surface area contributed by atoms with Crippen LogP contribution in [0.1, 0.15) is 58.1 Å². The number of halogens is 1. The second-order valence-corrected chi connectivity index (χ2v) is 6.61. The van der Waals surface area contributed by atoms with E-state index in [1.807, 2.05) is 24.3 Å². The lowest BCUT2D eigenvalue weighted by Crippen LogP contribution is -2.33. The van der Waals surface area contributed by atoms with Crippen molar-refractivity contribution < 1.29 is 5.11 Å². The van der Waals surface area contributed by atoms with Gasteiger partial charge in [-0.15, -0.1) is 0 Å². The number of aliphatic hydroxyl groups excluding tert-OH is 1. The molecule has 1 aromatic rings. The molecule has 0 spiro atoms. The third-order valence-electron chi connectivity index (χ3n) is 3.70. The normalized spacial score (nSPS) is 13.2. The number of hydrogen-bond acceptors (Lipinski definition) is 2. The van der Waals surface area contributed by atoms with Gasteiger partial charge in [0, 0.05) is 17.1 Å². The molecule has 114 valence electrons. The predicted molar refractivity (Wildman–Crippen MR) is 90.0 cm³/mol. The van der Waals surface area contributed by atoms with Gasteiger partial charge in [-0.05, 0) is 50.9 Å². The van der Waals surface area contributed by atoms with Crippen molar-refractivity contribution in [1.82, 2.24) is 4.90 Å². The van der Waals surface area contributed by atoms with Gasteiger partial charge in [0.2, 0.25) is 0 Å². The molecule has 1 unspecified atom stereocenters. The van der Waals surface area contributed by atoms with Gasteiger partial charge in [0.25, 0.3) is 0 Å². The van der Waals surface area contributed by atoms with Crippen LogP contribution >= 0.6 is 15.9 Å². The molecule has 0 aliphatic heterocycles. The molecular formula is C17H28BrNO. The average Bonchev–Trinajstić information content (AvgIpc) is 2.42. The van der Waals surface area contributed by atoms with Gasteiger partial charge in [0.15, 0.2) is 0 Å². The Morgan fingerprint density at radius 1 is 1.20 bits per heavy atom. The number of hydrogen-bond donors (Lipinski definition) is 1. The van der Waals surface area contributed by atoms with Crippen LogP contribution in [0.3, 0.4) is 0 Å². The van der Waals surface area contributed by atoms with Crippen molar-refractivity contribution in [1.29, 1.82) is 0 Å². The smallest absolute Gasteiger partial charge is 0.0802 e. The molecular weight excluding hydrogens is 314 g/mol. The molecule has 1 rings (SSSR count). The molecule has 0 aliphatic carbocycles. The van der Waals surface area contributed by atoms with Gasteiger partial charge in [-0.1, -0.05) is 47.8 Å². The molecule has 0 saturated heterocycles. The van der Waals surface area contributed by atoms with E-state index in [0.29, 0.717) is 6.04 Å². The number of benzene rings is 1. The fourth-order valence-electron chi connectivity index (χ4n) is 2.36. The number of unbranched alkanes of at least 4 members (excludes halogenated alkanes) is 2. The molecule has 0 amide bonds. The third-order valence-corrected chi connectivity index (χ3v) is 4.20. The largest absolute Gasteiger partial charge is 0.388 e. The highest BCUT2D eigenvalue weighted by Crippen LogP contribution is 2.21. The zero-order valence-electron chi connectivity index (χ0n) is 13.0. The first kappa shape index (κ1) is 17.7. The first-order valence-corrected chi connectivity index (χ1v) is 8.51. The molecule has 0 aromatic heterocycles. The maximum Gasteiger partial charge on any atom is 0.0802 e. The van der Waals surface area contributed by atoms with Crippen LogP contribution in [-0.4, -0.2) is 29.1 Å². The van der Waals surface area contributed by atoms with Crippen LogP contribution < -0.4 is 0 Å². The van der Waals surface area contributed by atoms with Crippen molar-refractivity contribution in [2.45, 2.75) is 58.6 Å². The topological polar surface area (TPSA) is 23.5 Å². The monoisotopic (exact) mass is 341 g/mol. The number of aliphatic hydroxyl groups is 1. The standard InChI is InChI=1S/C17H28BrNO/c1-4-5-6-11-19(14(2)3)12-10-17(20)15-8-7-9-16(18)13-15/h7-9,13-14,17,20H,4-6,10-12H2,1-3H3. The highest BCUT2D eigenvalue weighted by molar-refractivity contribution is 9.10. The average molecular weight is 342 g/mol. The van der Waals surface area contributed by atoms with E-state index in [1.165, 1.54) is 19.3 Å². The molecule has 3 heteroatoms. The molecule has 0 fully saturated rings. The van der Waals surface area contributed by atoms with E-state index in [0.717, 1.165) is 29.5 Å². The van der Waals surface area contributed by atoms with Crippen molar-refractivity contribution >= 4 is 15.9 Å². The first-order valence-electron chi connectivity index (χ1n) is 7.72. The fraction of sp³-hybridized carbons (Fsp3) is 0.647. The number of nitrogens with zero attached hydrogens (tertiary/aromatic N) is 1. The van der Waals surface area contributed by atoms with Crippen LogP contribution in [0.2, 0.25) is 0 Å². The minimum absolute atomic E-state index is 0.375. The molecule has 2 nitrogen and oxygen atoms in total. The summed E-state index contributed by atoms with van der Waals surface area (Å²) in [5.74, 6) is 0. The van der Waals surface area contributed by atoms with E-state index in [2.05, 4.69) is 41.6 Å². The van der Waals surface area contributed by atoms with Gasteiger partial charge in [-0.25, -0.2) is 0 Å². The third kappa shape index (κ3) is 6.38. The van der Waals surface area contributed by atoms with E-state index < -0.39 is 0 Å². The molecule has 1 N–H and O–H groups in total. The lowest BCUT2D eigenvalue weighted by molar-refractivity contribution is 0.129. The van der Waals surface area contributed by atoms with Crippen LogP contribution in [-0.2, 0) is 0 Å². The Balaban J connectivity index is 2.45. The summed E-state index contributed by atoms with van der Waals surface area (Å²) in [5.41, 5.74) is 0.997. The highest BCUT2D eigenvalue weighted by Gasteiger charge is 2.13. The zero-order chi connectivity index (χ0) is 15.0. The van der Waals surface area contributed by atoms with Crippen molar-refractivity contribution in [3.8, 4) is 0 Å². The van der Waals surface area contributed by atoms with E-state index >= 15 is 0 Å². The lowest BCUT2D eigenvalue weighted by Gasteiger charge is -2.27. The molecule has 0 saturated carbocycles. The maximum atomic E-state index is 10.3.